The number of hydrogen-bond donors (Lipinski definition) is 1. The summed E-state index contributed by atoms with van der Waals surface area (Å²) in [4.78, 5) is 46.3. The number of carboxylic acid groups (broad SMARTS) is 1. The molecule has 0 saturated carbocycles. The number of ketones is 2. The van der Waals surface area contributed by atoms with Crippen LogP contribution < -0.4 is 0 Å². The smallest absolute Gasteiger partial charge is 0.338 e. The van der Waals surface area contributed by atoms with E-state index in [1.165, 1.54) is 63.5 Å². The molecule has 40 heavy (non-hydrogen) atoms. The first-order valence-electron chi connectivity index (χ1n) is 14.1. The molecule has 0 aromatic heterocycles. The summed E-state index contributed by atoms with van der Waals surface area (Å²) in [5.41, 5.74) is 1.25. The Morgan fingerprint density at radius 3 is 1.45 bits per heavy atom. The van der Waals surface area contributed by atoms with Crippen molar-refractivity contribution in [2.24, 2.45) is 0 Å². The van der Waals surface area contributed by atoms with Crippen LogP contribution in [0.3, 0.4) is 0 Å². The van der Waals surface area contributed by atoms with Crippen LogP contribution in [0.2, 0.25) is 0 Å². The maximum absolute atomic E-state index is 11.9. The maximum atomic E-state index is 11.9. The Morgan fingerprint density at radius 2 is 0.975 bits per heavy atom. The number of carbonyl (C=O) groups is 4. The van der Waals surface area contributed by atoms with Crippen molar-refractivity contribution in [1.29, 1.82) is 0 Å². The van der Waals surface area contributed by atoms with Gasteiger partial charge >= 0.3 is 11.9 Å². The Bertz CT molecular complexity index is 1140. The molecule has 0 aliphatic heterocycles. The van der Waals surface area contributed by atoms with E-state index in [0.29, 0.717) is 23.3 Å². The minimum absolute atomic E-state index is 0.100. The molecule has 0 aliphatic carbocycles. The predicted molar refractivity (Wildman–Crippen MR) is 157 cm³/mol. The number of unbranched alkanes of at least 4 members (excludes halogenated alkanes) is 9. The van der Waals surface area contributed by atoms with Gasteiger partial charge in [0, 0.05) is 11.1 Å². The highest BCUT2D eigenvalue weighted by Crippen LogP contribution is 2.12. The van der Waals surface area contributed by atoms with E-state index in [1.54, 1.807) is 60.7 Å². The van der Waals surface area contributed by atoms with E-state index >= 15 is 0 Å². The van der Waals surface area contributed by atoms with Crippen LogP contribution in [0, 0.1) is 0 Å². The van der Waals surface area contributed by atoms with Crippen LogP contribution >= 0.6 is 0 Å². The third-order valence-corrected chi connectivity index (χ3v) is 6.35. The van der Waals surface area contributed by atoms with Crippen LogP contribution in [-0.4, -0.2) is 35.2 Å². The number of hydrogen-bond acceptors (Lipinski definition) is 5. The number of aromatic carboxylic acids is 1. The minimum atomic E-state index is -1.04. The van der Waals surface area contributed by atoms with Gasteiger partial charge in [-0.2, -0.15) is 0 Å². The summed E-state index contributed by atoms with van der Waals surface area (Å²) in [5.74, 6) is -2.42. The second-order valence-corrected chi connectivity index (χ2v) is 9.59. The highest BCUT2D eigenvalue weighted by molar-refractivity contribution is 6.49. The molecule has 0 atom stereocenters. The van der Waals surface area contributed by atoms with Crippen molar-refractivity contribution < 1.29 is 29.0 Å². The lowest BCUT2D eigenvalue weighted by Gasteiger charge is -2.06. The zero-order chi connectivity index (χ0) is 29.0. The molecule has 0 bridgehead atoms. The van der Waals surface area contributed by atoms with Gasteiger partial charge < -0.3 is 9.84 Å². The van der Waals surface area contributed by atoms with Crippen LogP contribution in [0.5, 0.6) is 0 Å². The number of ether oxygens (including phenoxy) is 1. The fraction of sp³-hybridized carbons (Fsp3) is 0.353. The van der Waals surface area contributed by atoms with Gasteiger partial charge in [-0.3, -0.25) is 9.59 Å². The molecule has 3 aromatic carbocycles. The zero-order valence-corrected chi connectivity index (χ0v) is 23.3. The van der Waals surface area contributed by atoms with E-state index in [0.717, 1.165) is 12.8 Å². The van der Waals surface area contributed by atoms with E-state index in [1.807, 2.05) is 12.1 Å². The average Bonchev–Trinajstić information content (AvgIpc) is 3.00. The normalized spacial score (nSPS) is 10.2. The fourth-order valence-electron chi connectivity index (χ4n) is 4.06. The predicted octanol–water partition coefficient (Wildman–Crippen LogP) is 8.21. The topological polar surface area (TPSA) is 97.7 Å². The highest BCUT2D eigenvalue weighted by Gasteiger charge is 2.17. The Kier molecular flexibility index (Phi) is 15.3. The van der Waals surface area contributed by atoms with Gasteiger partial charge in [0.1, 0.15) is 0 Å². The quantitative estimate of drug-likeness (QED) is 0.0844. The van der Waals surface area contributed by atoms with E-state index in [4.69, 9.17) is 9.84 Å². The summed E-state index contributed by atoms with van der Waals surface area (Å²) >= 11 is 0. The molecular weight excluding hydrogens is 504 g/mol. The molecule has 0 amide bonds. The largest absolute Gasteiger partial charge is 0.478 e. The SMILES string of the molecule is CCCCCCCCCCCCOC(=O)c1cccc(C(=O)O)c1.O=C(C(=O)c1ccccc1)c1ccccc1. The Labute approximate surface area is 237 Å². The fourth-order valence-corrected chi connectivity index (χ4v) is 4.06. The van der Waals surface area contributed by atoms with Gasteiger partial charge in [0.25, 0.3) is 0 Å². The van der Waals surface area contributed by atoms with Gasteiger partial charge in [0.2, 0.25) is 11.6 Å². The summed E-state index contributed by atoms with van der Waals surface area (Å²) in [6.45, 7) is 2.63. The van der Waals surface area contributed by atoms with Crippen LogP contribution in [0.1, 0.15) is 113 Å². The minimum Gasteiger partial charge on any atom is -0.478 e. The number of Topliss-reactive ketones (excluding diaryl/α,β-unsaturated/α-hetero) is 2. The van der Waals surface area contributed by atoms with Gasteiger partial charge in [-0.15, -0.1) is 0 Å². The number of carbonyl (C=O) groups excluding carboxylic acids is 3. The number of carboxylic acids is 1. The van der Waals surface area contributed by atoms with Crippen molar-refractivity contribution in [3.05, 3.63) is 107 Å². The molecule has 0 aliphatic rings. The molecule has 0 fully saturated rings. The number of benzene rings is 3. The molecular formula is C34H40O6. The third kappa shape index (κ3) is 12.2. The first-order chi connectivity index (χ1) is 19.4. The molecule has 0 saturated heterocycles. The van der Waals surface area contributed by atoms with Crippen molar-refractivity contribution in [1.82, 2.24) is 0 Å². The lowest BCUT2D eigenvalue weighted by atomic mass is 10.0. The van der Waals surface area contributed by atoms with E-state index in [-0.39, 0.29) is 5.56 Å². The Balaban J connectivity index is 0.000000302. The van der Waals surface area contributed by atoms with E-state index < -0.39 is 23.5 Å². The first-order valence-corrected chi connectivity index (χ1v) is 14.1. The summed E-state index contributed by atoms with van der Waals surface area (Å²) in [6, 6.07) is 23.1. The van der Waals surface area contributed by atoms with Crippen molar-refractivity contribution in [2.75, 3.05) is 6.61 Å². The second-order valence-electron chi connectivity index (χ2n) is 9.59. The highest BCUT2D eigenvalue weighted by atomic mass is 16.5. The van der Waals surface area contributed by atoms with Crippen molar-refractivity contribution in [3.63, 3.8) is 0 Å². The number of esters is 1. The molecule has 0 radical (unpaired) electrons. The van der Waals surface area contributed by atoms with Crippen LogP contribution in [0.15, 0.2) is 84.9 Å². The lowest BCUT2D eigenvalue weighted by Crippen LogP contribution is -2.14. The van der Waals surface area contributed by atoms with Gasteiger partial charge in [0.05, 0.1) is 17.7 Å². The van der Waals surface area contributed by atoms with Crippen LogP contribution in [-0.2, 0) is 4.74 Å². The lowest BCUT2D eigenvalue weighted by molar-refractivity contribution is 0.0497. The van der Waals surface area contributed by atoms with Crippen molar-refractivity contribution in [2.45, 2.75) is 71.1 Å². The maximum Gasteiger partial charge on any atom is 0.338 e. The van der Waals surface area contributed by atoms with Gasteiger partial charge in [-0.25, -0.2) is 9.59 Å². The molecule has 6 nitrogen and oxygen atoms in total. The molecule has 1 N–H and O–H groups in total. The second kappa shape index (κ2) is 19.1. The molecule has 212 valence electrons. The van der Waals surface area contributed by atoms with Gasteiger partial charge in [0.15, 0.2) is 0 Å². The zero-order valence-electron chi connectivity index (χ0n) is 23.3. The molecule has 6 heteroatoms. The molecule has 0 spiro atoms. The van der Waals surface area contributed by atoms with Crippen LogP contribution in [0.25, 0.3) is 0 Å². The monoisotopic (exact) mass is 544 g/mol. The van der Waals surface area contributed by atoms with Gasteiger partial charge in [-0.05, 0) is 24.6 Å². The first kappa shape index (κ1) is 32.2. The van der Waals surface area contributed by atoms with Gasteiger partial charge in [-0.1, -0.05) is 131 Å². The van der Waals surface area contributed by atoms with Crippen LogP contribution in [0.4, 0.5) is 0 Å². The summed E-state index contributed by atoms with van der Waals surface area (Å²) in [6.07, 6.45) is 12.3. The summed E-state index contributed by atoms with van der Waals surface area (Å²) < 4.78 is 5.20. The standard InChI is InChI=1S/C20H30O4.C14H10O2/c1-2-3-4-5-6-7-8-9-10-11-15-24-20(23)18-14-12-13-17(16-18)19(21)22;15-13(11-7-3-1-4-8-11)14(16)12-9-5-2-6-10-12/h12-14,16H,2-11,15H2,1H3,(H,21,22);1-10H. The Hall–Kier alpha value is -4.06. The summed E-state index contributed by atoms with van der Waals surface area (Å²) in [5, 5.41) is 8.92. The molecule has 0 heterocycles. The summed E-state index contributed by atoms with van der Waals surface area (Å²) in [7, 11) is 0. The molecule has 0 unspecified atom stereocenters. The Morgan fingerprint density at radius 1 is 0.550 bits per heavy atom. The average molecular weight is 545 g/mol. The van der Waals surface area contributed by atoms with E-state index in [9.17, 15) is 19.2 Å². The number of rotatable bonds is 16. The van der Waals surface area contributed by atoms with Crippen molar-refractivity contribution in [3.8, 4) is 0 Å². The van der Waals surface area contributed by atoms with E-state index in [2.05, 4.69) is 6.92 Å². The molecule has 3 rings (SSSR count). The third-order valence-electron chi connectivity index (χ3n) is 6.35. The van der Waals surface area contributed by atoms with Crippen molar-refractivity contribution >= 4 is 23.5 Å². The molecule has 3 aromatic rings.